The quantitative estimate of drug-likeness (QED) is 0.802. The van der Waals surface area contributed by atoms with Crippen LogP contribution in [0.2, 0.25) is 0 Å². The van der Waals surface area contributed by atoms with Crippen LogP contribution in [0.15, 0.2) is 39.7 Å². The van der Waals surface area contributed by atoms with Crippen molar-refractivity contribution in [3.8, 4) is 0 Å². The summed E-state index contributed by atoms with van der Waals surface area (Å²) in [4.78, 5) is 10.1. The van der Waals surface area contributed by atoms with E-state index >= 15 is 0 Å². The molecule has 1 heterocycles. The van der Waals surface area contributed by atoms with Gasteiger partial charge in [-0.15, -0.1) is 11.8 Å². The number of anilines is 1. The van der Waals surface area contributed by atoms with Crippen molar-refractivity contribution in [3.05, 3.63) is 46.3 Å². The van der Waals surface area contributed by atoms with E-state index in [4.69, 9.17) is 4.74 Å². The van der Waals surface area contributed by atoms with Gasteiger partial charge in [-0.3, -0.25) is 0 Å². The van der Waals surface area contributed by atoms with E-state index in [1.165, 1.54) is 4.90 Å². The second kappa shape index (κ2) is 7.61. The fourth-order valence-electron chi connectivity index (χ4n) is 1.67. The predicted octanol–water partition coefficient (Wildman–Crippen LogP) is 3.72. The Morgan fingerprint density at radius 1 is 1.30 bits per heavy atom. The summed E-state index contributed by atoms with van der Waals surface area (Å²) >= 11 is 5.18. The predicted molar refractivity (Wildman–Crippen MR) is 86.0 cm³/mol. The highest BCUT2D eigenvalue weighted by atomic mass is 79.9. The number of hydrogen-bond acceptors (Lipinski definition) is 5. The van der Waals surface area contributed by atoms with Gasteiger partial charge in [0.05, 0.1) is 18.1 Å². The van der Waals surface area contributed by atoms with Crippen LogP contribution in [0, 0.1) is 0 Å². The summed E-state index contributed by atoms with van der Waals surface area (Å²) in [6, 6.07) is 10.1. The topological polar surface area (TPSA) is 47.0 Å². The lowest BCUT2D eigenvalue weighted by Crippen LogP contribution is -2.03. The lowest BCUT2D eigenvalue weighted by Gasteiger charge is -2.07. The SMILES string of the molecule is CNc1cc(COC)nc(CSc2cccc(Br)c2)n1. The third-order valence-corrected chi connectivity index (χ3v) is 4.02. The summed E-state index contributed by atoms with van der Waals surface area (Å²) in [5, 5.41) is 3.05. The van der Waals surface area contributed by atoms with Gasteiger partial charge >= 0.3 is 0 Å². The first kappa shape index (κ1) is 15.3. The van der Waals surface area contributed by atoms with Gasteiger partial charge in [-0.1, -0.05) is 22.0 Å². The van der Waals surface area contributed by atoms with Crippen LogP contribution in [-0.4, -0.2) is 24.1 Å². The summed E-state index contributed by atoms with van der Waals surface area (Å²) in [6.45, 7) is 0.492. The number of methoxy groups -OCH3 is 1. The molecular weight excluding hydrogens is 338 g/mol. The van der Waals surface area contributed by atoms with Crippen molar-refractivity contribution < 1.29 is 4.74 Å². The highest BCUT2D eigenvalue weighted by Gasteiger charge is 2.05. The van der Waals surface area contributed by atoms with Crippen LogP contribution in [-0.2, 0) is 17.1 Å². The Morgan fingerprint density at radius 2 is 2.15 bits per heavy atom. The monoisotopic (exact) mass is 353 g/mol. The van der Waals surface area contributed by atoms with Gasteiger partial charge in [-0.05, 0) is 18.2 Å². The minimum atomic E-state index is 0.492. The van der Waals surface area contributed by atoms with Crippen LogP contribution in [0.5, 0.6) is 0 Å². The normalized spacial score (nSPS) is 10.6. The van der Waals surface area contributed by atoms with Crippen molar-refractivity contribution in [2.75, 3.05) is 19.5 Å². The molecule has 2 rings (SSSR count). The van der Waals surface area contributed by atoms with Crippen molar-refractivity contribution in [2.45, 2.75) is 17.3 Å². The third-order valence-electron chi connectivity index (χ3n) is 2.54. The largest absolute Gasteiger partial charge is 0.378 e. The second-order valence-electron chi connectivity index (χ2n) is 4.09. The summed E-state index contributed by atoms with van der Waals surface area (Å²) in [5.74, 6) is 2.34. The molecule has 0 spiro atoms. The Morgan fingerprint density at radius 3 is 2.85 bits per heavy atom. The van der Waals surface area contributed by atoms with Gasteiger partial charge in [0.25, 0.3) is 0 Å². The van der Waals surface area contributed by atoms with Gasteiger partial charge in [-0.2, -0.15) is 0 Å². The molecule has 106 valence electrons. The number of nitrogens with one attached hydrogen (secondary N) is 1. The van der Waals surface area contributed by atoms with Crippen LogP contribution in [0.25, 0.3) is 0 Å². The van der Waals surface area contributed by atoms with Gasteiger partial charge in [0, 0.05) is 29.6 Å². The highest BCUT2D eigenvalue weighted by molar-refractivity contribution is 9.10. The van der Waals surface area contributed by atoms with E-state index in [1.807, 2.05) is 25.2 Å². The Hall–Kier alpha value is -1.11. The standard InChI is InChI=1S/C14H16BrN3OS/c1-16-13-7-11(8-19-2)17-14(18-13)9-20-12-5-3-4-10(15)6-12/h3-7H,8-9H2,1-2H3,(H,16,17,18). The summed E-state index contributed by atoms with van der Waals surface area (Å²) < 4.78 is 6.21. The fraction of sp³-hybridized carbons (Fsp3) is 0.286. The van der Waals surface area contributed by atoms with Crippen molar-refractivity contribution in [1.29, 1.82) is 0 Å². The maximum absolute atomic E-state index is 5.13. The molecule has 4 nitrogen and oxygen atoms in total. The molecule has 0 unspecified atom stereocenters. The Kier molecular flexibility index (Phi) is 5.82. The molecule has 1 aromatic carbocycles. The van der Waals surface area contributed by atoms with Gasteiger partial charge in [0.15, 0.2) is 0 Å². The molecule has 0 amide bonds. The molecule has 1 N–H and O–H groups in total. The number of benzene rings is 1. The van der Waals surface area contributed by atoms with E-state index in [-0.39, 0.29) is 0 Å². The number of thioether (sulfide) groups is 1. The molecule has 0 atom stereocenters. The minimum absolute atomic E-state index is 0.492. The van der Waals surface area contributed by atoms with Gasteiger partial charge in [-0.25, -0.2) is 9.97 Å². The van der Waals surface area contributed by atoms with Crippen LogP contribution in [0.3, 0.4) is 0 Å². The van der Waals surface area contributed by atoms with Crippen molar-refractivity contribution in [1.82, 2.24) is 9.97 Å². The maximum Gasteiger partial charge on any atom is 0.141 e. The zero-order chi connectivity index (χ0) is 14.4. The molecule has 6 heteroatoms. The first-order valence-corrected chi connectivity index (χ1v) is 7.91. The molecule has 20 heavy (non-hydrogen) atoms. The molecule has 0 saturated heterocycles. The van der Waals surface area contributed by atoms with Crippen LogP contribution in [0.4, 0.5) is 5.82 Å². The van der Waals surface area contributed by atoms with E-state index in [0.29, 0.717) is 6.61 Å². The smallest absolute Gasteiger partial charge is 0.141 e. The van der Waals surface area contributed by atoms with Crippen molar-refractivity contribution in [2.24, 2.45) is 0 Å². The molecule has 0 radical (unpaired) electrons. The van der Waals surface area contributed by atoms with Crippen LogP contribution < -0.4 is 5.32 Å². The lowest BCUT2D eigenvalue weighted by atomic mass is 10.4. The molecule has 0 saturated carbocycles. The summed E-state index contributed by atoms with van der Waals surface area (Å²) in [7, 11) is 3.52. The van der Waals surface area contributed by atoms with Crippen LogP contribution >= 0.6 is 27.7 Å². The first-order valence-electron chi connectivity index (χ1n) is 6.13. The summed E-state index contributed by atoms with van der Waals surface area (Å²) in [5.41, 5.74) is 0.886. The Balaban J connectivity index is 2.10. The Bertz CT molecular complexity index is 580. The van der Waals surface area contributed by atoms with Crippen molar-refractivity contribution in [3.63, 3.8) is 0 Å². The highest BCUT2D eigenvalue weighted by Crippen LogP contribution is 2.24. The number of hydrogen-bond donors (Lipinski definition) is 1. The van der Waals surface area contributed by atoms with Crippen molar-refractivity contribution >= 4 is 33.5 Å². The van der Waals surface area contributed by atoms with E-state index < -0.39 is 0 Å². The number of aromatic nitrogens is 2. The summed E-state index contributed by atoms with van der Waals surface area (Å²) in [6.07, 6.45) is 0. The molecule has 0 bridgehead atoms. The molecule has 0 aliphatic rings. The zero-order valence-electron chi connectivity index (χ0n) is 11.4. The van der Waals surface area contributed by atoms with Gasteiger partial charge in [0.1, 0.15) is 11.6 Å². The maximum atomic E-state index is 5.13. The van der Waals surface area contributed by atoms with E-state index in [0.717, 1.165) is 27.6 Å². The molecule has 2 aromatic rings. The molecular formula is C14H16BrN3OS. The van der Waals surface area contributed by atoms with Gasteiger partial charge in [0.2, 0.25) is 0 Å². The second-order valence-corrected chi connectivity index (χ2v) is 6.05. The Labute approximate surface area is 131 Å². The average Bonchev–Trinajstić information content (AvgIpc) is 2.45. The zero-order valence-corrected chi connectivity index (χ0v) is 13.8. The molecule has 0 aliphatic carbocycles. The molecule has 1 aromatic heterocycles. The number of ether oxygens (including phenoxy) is 1. The average molecular weight is 354 g/mol. The first-order chi connectivity index (χ1) is 9.71. The third kappa shape index (κ3) is 4.47. The van der Waals surface area contributed by atoms with Gasteiger partial charge < -0.3 is 10.1 Å². The molecule has 0 aliphatic heterocycles. The van der Waals surface area contributed by atoms with E-state index in [9.17, 15) is 0 Å². The van der Waals surface area contributed by atoms with E-state index in [1.54, 1.807) is 18.9 Å². The number of rotatable bonds is 6. The lowest BCUT2D eigenvalue weighted by molar-refractivity contribution is 0.181. The van der Waals surface area contributed by atoms with Crippen LogP contribution in [0.1, 0.15) is 11.5 Å². The number of nitrogens with zero attached hydrogens (tertiary/aromatic N) is 2. The fourth-order valence-corrected chi connectivity index (χ4v) is 3.03. The molecule has 0 fully saturated rings. The minimum Gasteiger partial charge on any atom is -0.378 e. The number of halogens is 1. The van der Waals surface area contributed by atoms with E-state index in [2.05, 4.69) is 43.3 Å².